The van der Waals surface area contributed by atoms with Crippen LogP contribution in [0.2, 0.25) is 0 Å². The minimum atomic E-state index is -0.259. The molecule has 0 saturated heterocycles. The van der Waals surface area contributed by atoms with E-state index in [0.29, 0.717) is 11.3 Å². The summed E-state index contributed by atoms with van der Waals surface area (Å²) in [5, 5.41) is 3.07. The van der Waals surface area contributed by atoms with Gasteiger partial charge in [-0.05, 0) is 19.4 Å². The second kappa shape index (κ2) is 4.61. The van der Waals surface area contributed by atoms with Crippen LogP contribution < -0.4 is 11.3 Å². The number of nitrogens with two attached hydrogens (primary N) is 1. The molecular formula is C15H16N4O. The van der Waals surface area contributed by atoms with Crippen LogP contribution in [0.5, 0.6) is 0 Å². The van der Waals surface area contributed by atoms with Crippen LogP contribution >= 0.6 is 0 Å². The van der Waals surface area contributed by atoms with Crippen LogP contribution in [0.3, 0.4) is 0 Å². The fourth-order valence-corrected chi connectivity index (χ4v) is 2.12. The van der Waals surface area contributed by atoms with Gasteiger partial charge in [-0.1, -0.05) is 29.8 Å². The third kappa shape index (κ3) is 2.12. The maximum Gasteiger partial charge on any atom is 0.272 e. The molecule has 0 radical (unpaired) electrons. The lowest BCUT2D eigenvalue weighted by molar-refractivity contribution is 0.765. The van der Waals surface area contributed by atoms with Gasteiger partial charge in [-0.2, -0.15) is 0 Å². The number of hydrogen-bond acceptors (Lipinski definition) is 3. The minimum Gasteiger partial charge on any atom is -0.323 e. The highest BCUT2D eigenvalue weighted by Gasteiger charge is 2.09. The van der Waals surface area contributed by atoms with E-state index < -0.39 is 0 Å². The molecule has 3 rings (SSSR count). The first-order chi connectivity index (χ1) is 9.54. The summed E-state index contributed by atoms with van der Waals surface area (Å²) in [6, 6.07) is 11.2. The van der Waals surface area contributed by atoms with Crippen LogP contribution in [0.15, 0.2) is 41.2 Å². The molecule has 0 bridgehead atoms. The van der Waals surface area contributed by atoms with Crippen molar-refractivity contribution in [3.05, 3.63) is 58.0 Å². The van der Waals surface area contributed by atoms with E-state index >= 15 is 0 Å². The van der Waals surface area contributed by atoms with Crippen molar-refractivity contribution in [2.24, 2.45) is 5.73 Å². The Hall–Kier alpha value is -2.40. The Morgan fingerprint density at radius 1 is 1.25 bits per heavy atom. The summed E-state index contributed by atoms with van der Waals surface area (Å²) in [5.41, 5.74) is 9.89. The maximum atomic E-state index is 12.0. The SMILES string of the molecule is Cc1ccc(-c2cc3nc(C(C)N)cc(=O)n3[nH]2)cc1. The van der Waals surface area contributed by atoms with Crippen molar-refractivity contribution >= 4 is 5.65 Å². The lowest BCUT2D eigenvalue weighted by Gasteiger charge is -2.03. The molecule has 0 aliphatic rings. The Kier molecular flexibility index (Phi) is 2.91. The van der Waals surface area contributed by atoms with Crippen LogP contribution in [0.4, 0.5) is 0 Å². The largest absolute Gasteiger partial charge is 0.323 e. The fraction of sp³-hybridized carbons (Fsp3) is 0.200. The molecule has 0 aliphatic carbocycles. The molecule has 20 heavy (non-hydrogen) atoms. The molecule has 0 spiro atoms. The molecule has 0 fully saturated rings. The first-order valence-electron chi connectivity index (χ1n) is 6.50. The van der Waals surface area contributed by atoms with Gasteiger partial charge >= 0.3 is 0 Å². The summed E-state index contributed by atoms with van der Waals surface area (Å²) in [5.74, 6) is 0. The lowest BCUT2D eigenvalue weighted by atomic mass is 10.1. The molecule has 1 aromatic carbocycles. The first kappa shape index (κ1) is 12.6. The van der Waals surface area contributed by atoms with Crippen LogP contribution in [0.25, 0.3) is 16.9 Å². The summed E-state index contributed by atoms with van der Waals surface area (Å²) >= 11 is 0. The Morgan fingerprint density at radius 3 is 2.60 bits per heavy atom. The van der Waals surface area contributed by atoms with Crippen molar-refractivity contribution in [3.8, 4) is 11.3 Å². The molecular weight excluding hydrogens is 252 g/mol. The third-order valence-electron chi connectivity index (χ3n) is 3.30. The van der Waals surface area contributed by atoms with Crippen molar-refractivity contribution in [3.63, 3.8) is 0 Å². The average Bonchev–Trinajstić information content (AvgIpc) is 2.84. The summed E-state index contributed by atoms with van der Waals surface area (Å²) in [6.07, 6.45) is 0. The van der Waals surface area contributed by atoms with E-state index in [9.17, 15) is 4.79 Å². The predicted octanol–water partition coefficient (Wildman–Crippen LogP) is 2.02. The molecule has 1 atom stereocenters. The van der Waals surface area contributed by atoms with Gasteiger partial charge in [-0.25, -0.2) is 9.50 Å². The van der Waals surface area contributed by atoms with Gasteiger partial charge in [0, 0.05) is 18.2 Å². The Balaban J connectivity index is 2.17. The molecule has 3 aromatic rings. The van der Waals surface area contributed by atoms with Crippen LogP contribution in [-0.2, 0) is 0 Å². The Morgan fingerprint density at radius 2 is 1.95 bits per heavy atom. The monoisotopic (exact) mass is 268 g/mol. The number of fused-ring (bicyclic) bond motifs is 1. The van der Waals surface area contributed by atoms with E-state index in [1.54, 1.807) is 0 Å². The molecule has 102 valence electrons. The fourth-order valence-electron chi connectivity index (χ4n) is 2.12. The van der Waals surface area contributed by atoms with E-state index in [1.165, 1.54) is 16.1 Å². The maximum absolute atomic E-state index is 12.0. The number of H-pyrrole nitrogens is 1. The third-order valence-corrected chi connectivity index (χ3v) is 3.30. The molecule has 0 saturated carbocycles. The summed E-state index contributed by atoms with van der Waals surface area (Å²) in [7, 11) is 0. The van der Waals surface area contributed by atoms with Crippen molar-refractivity contribution in [2.45, 2.75) is 19.9 Å². The van der Waals surface area contributed by atoms with E-state index in [-0.39, 0.29) is 11.6 Å². The normalized spacial score (nSPS) is 12.8. The van der Waals surface area contributed by atoms with Gasteiger partial charge in [0.05, 0.1) is 11.4 Å². The highest BCUT2D eigenvalue weighted by molar-refractivity contribution is 5.64. The number of benzene rings is 1. The van der Waals surface area contributed by atoms with Crippen LogP contribution in [0, 0.1) is 6.92 Å². The standard InChI is InChI=1S/C15H16N4O/c1-9-3-5-11(6-4-9)13-7-14-17-12(10(2)16)8-15(20)19(14)18-13/h3-8,10,18H,16H2,1-2H3. The van der Waals surface area contributed by atoms with E-state index in [1.807, 2.05) is 44.2 Å². The molecule has 2 aromatic heterocycles. The number of nitrogens with zero attached hydrogens (tertiary/aromatic N) is 2. The first-order valence-corrected chi connectivity index (χ1v) is 6.50. The second-order valence-corrected chi connectivity index (χ2v) is 5.04. The van der Waals surface area contributed by atoms with Gasteiger partial charge in [0.15, 0.2) is 5.65 Å². The lowest BCUT2D eigenvalue weighted by Crippen LogP contribution is -2.18. The molecule has 1 unspecified atom stereocenters. The summed E-state index contributed by atoms with van der Waals surface area (Å²) in [4.78, 5) is 16.4. The van der Waals surface area contributed by atoms with E-state index in [0.717, 1.165) is 11.3 Å². The zero-order chi connectivity index (χ0) is 14.3. The quantitative estimate of drug-likeness (QED) is 0.746. The van der Waals surface area contributed by atoms with Gasteiger partial charge in [-0.3, -0.25) is 9.89 Å². The summed E-state index contributed by atoms with van der Waals surface area (Å²) in [6.45, 7) is 3.85. The number of aryl methyl sites for hydroxylation is 1. The topological polar surface area (TPSA) is 76.2 Å². The Bertz CT molecular complexity index is 812. The number of hydrogen-bond donors (Lipinski definition) is 2. The van der Waals surface area contributed by atoms with Crippen LogP contribution in [-0.4, -0.2) is 14.6 Å². The van der Waals surface area contributed by atoms with E-state index in [4.69, 9.17) is 5.73 Å². The summed E-state index contributed by atoms with van der Waals surface area (Å²) < 4.78 is 1.43. The highest BCUT2D eigenvalue weighted by atomic mass is 16.1. The zero-order valence-corrected chi connectivity index (χ0v) is 11.4. The smallest absolute Gasteiger partial charge is 0.272 e. The average molecular weight is 268 g/mol. The number of nitrogens with one attached hydrogen (secondary N) is 1. The molecule has 2 heterocycles. The second-order valence-electron chi connectivity index (χ2n) is 5.04. The molecule has 5 nitrogen and oxygen atoms in total. The predicted molar refractivity (Wildman–Crippen MR) is 78.6 cm³/mol. The minimum absolute atomic E-state index is 0.152. The van der Waals surface area contributed by atoms with Gasteiger partial charge in [0.1, 0.15) is 0 Å². The van der Waals surface area contributed by atoms with Gasteiger partial charge in [0.2, 0.25) is 0 Å². The highest BCUT2D eigenvalue weighted by Crippen LogP contribution is 2.19. The van der Waals surface area contributed by atoms with Gasteiger partial charge in [0.25, 0.3) is 5.56 Å². The van der Waals surface area contributed by atoms with E-state index in [2.05, 4.69) is 10.1 Å². The number of rotatable bonds is 2. The van der Waals surface area contributed by atoms with Crippen molar-refractivity contribution < 1.29 is 0 Å². The molecule has 0 amide bonds. The van der Waals surface area contributed by atoms with Gasteiger partial charge in [-0.15, -0.1) is 0 Å². The Labute approximate surface area is 116 Å². The number of aromatic amines is 1. The van der Waals surface area contributed by atoms with Crippen LogP contribution in [0.1, 0.15) is 24.2 Å². The molecule has 3 N–H and O–H groups in total. The van der Waals surface area contributed by atoms with Crippen molar-refractivity contribution in [1.29, 1.82) is 0 Å². The zero-order valence-electron chi connectivity index (χ0n) is 11.4. The van der Waals surface area contributed by atoms with Crippen molar-refractivity contribution in [1.82, 2.24) is 14.6 Å². The number of aromatic nitrogens is 3. The molecule has 0 aliphatic heterocycles. The molecule has 5 heteroatoms. The van der Waals surface area contributed by atoms with Crippen molar-refractivity contribution in [2.75, 3.05) is 0 Å². The van der Waals surface area contributed by atoms with Gasteiger partial charge < -0.3 is 5.73 Å².